The fraction of sp³-hybridized carbons (Fsp3) is 0.400. The molecule has 4 N–H and O–H groups in total. The molecule has 0 aliphatic carbocycles. The van der Waals surface area contributed by atoms with Crippen LogP contribution in [0.1, 0.15) is 37.1 Å². The molecule has 0 radical (unpaired) electrons. The summed E-state index contributed by atoms with van der Waals surface area (Å²) in [6.07, 6.45) is 4.14. The van der Waals surface area contributed by atoms with Gasteiger partial charge in [-0.15, -0.1) is 12.4 Å². The normalized spacial score (nSPS) is 19.2. The van der Waals surface area contributed by atoms with Gasteiger partial charge in [0, 0.05) is 23.1 Å². The Morgan fingerprint density at radius 2 is 2.07 bits per heavy atom. The molecule has 1 fully saturated rings. The van der Waals surface area contributed by atoms with E-state index >= 15 is 0 Å². The first kappa shape index (κ1) is 21.2. The van der Waals surface area contributed by atoms with E-state index in [0.29, 0.717) is 12.0 Å². The molecule has 2 atom stereocenters. The van der Waals surface area contributed by atoms with Crippen LogP contribution < -0.4 is 10.1 Å². The fourth-order valence-electron chi connectivity index (χ4n) is 3.75. The SMILES string of the molecule is COc1cccc(-c2nc3cnc(C4CCNC(C)C4)[nH]c-3c2C)c1.Cl.O. The minimum absolute atomic E-state index is 0. The highest BCUT2D eigenvalue weighted by Gasteiger charge is 2.24. The average Bonchev–Trinajstić information content (AvgIpc) is 2.98. The number of hydrogen-bond acceptors (Lipinski definition) is 4. The van der Waals surface area contributed by atoms with Gasteiger partial charge in [-0.1, -0.05) is 12.1 Å². The van der Waals surface area contributed by atoms with E-state index in [4.69, 9.17) is 9.72 Å². The van der Waals surface area contributed by atoms with Crippen molar-refractivity contribution >= 4 is 12.4 Å². The second kappa shape index (κ2) is 8.69. The molecule has 27 heavy (non-hydrogen) atoms. The maximum absolute atomic E-state index is 5.34. The molecule has 4 rings (SSSR count). The van der Waals surface area contributed by atoms with E-state index in [0.717, 1.165) is 59.2 Å². The number of hydrogen-bond donors (Lipinski definition) is 2. The minimum atomic E-state index is 0. The van der Waals surface area contributed by atoms with Crippen molar-refractivity contribution in [3.05, 3.63) is 41.9 Å². The third kappa shape index (κ3) is 4.08. The molecule has 1 aromatic carbocycles. The maximum atomic E-state index is 5.34. The van der Waals surface area contributed by atoms with Crippen molar-refractivity contribution in [2.45, 2.75) is 38.6 Å². The number of ether oxygens (including phenoxy) is 1. The highest BCUT2D eigenvalue weighted by Crippen LogP contribution is 2.35. The molecule has 3 aliphatic rings. The highest BCUT2D eigenvalue weighted by molar-refractivity contribution is 5.85. The van der Waals surface area contributed by atoms with Gasteiger partial charge in [-0.05, 0) is 45.4 Å². The Balaban J connectivity index is 0.00000131. The summed E-state index contributed by atoms with van der Waals surface area (Å²) in [6, 6.07) is 8.58. The van der Waals surface area contributed by atoms with Gasteiger partial charge < -0.3 is 20.5 Å². The fourth-order valence-corrected chi connectivity index (χ4v) is 3.75. The van der Waals surface area contributed by atoms with E-state index in [-0.39, 0.29) is 17.9 Å². The molecule has 1 aromatic rings. The van der Waals surface area contributed by atoms with Crippen LogP contribution in [0.4, 0.5) is 0 Å². The summed E-state index contributed by atoms with van der Waals surface area (Å²) in [6.45, 7) is 5.41. The van der Waals surface area contributed by atoms with Crippen molar-refractivity contribution in [2.24, 2.45) is 0 Å². The quantitative estimate of drug-likeness (QED) is 0.717. The molecule has 146 valence electrons. The Labute approximate surface area is 165 Å². The first-order chi connectivity index (χ1) is 12.2. The number of benzene rings is 1. The molecule has 0 bridgehead atoms. The van der Waals surface area contributed by atoms with Gasteiger partial charge in [-0.3, -0.25) is 0 Å². The molecular weight excluding hydrogens is 364 g/mol. The molecule has 0 spiro atoms. The number of methoxy groups -OCH3 is 1. The van der Waals surface area contributed by atoms with Gasteiger partial charge in [0.2, 0.25) is 0 Å². The van der Waals surface area contributed by atoms with Crippen LogP contribution in [-0.4, -0.2) is 40.1 Å². The standard InChI is InChI=1S/C20H24N4O.ClH.H2O/c1-12-9-15(7-8-21-12)20-22-11-17-19(24-20)13(2)18(23-17)14-5-4-6-16(10-14)25-3;;/h4-6,10-12,15,21H,7-9H2,1-3H3,(H,22,24);1H;1H2. The van der Waals surface area contributed by atoms with E-state index in [1.165, 1.54) is 0 Å². The molecule has 0 aromatic heterocycles. The van der Waals surface area contributed by atoms with Crippen molar-refractivity contribution in [3.63, 3.8) is 0 Å². The van der Waals surface area contributed by atoms with E-state index < -0.39 is 0 Å². The minimum Gasteiger partial charge on any atom is -0.497 e. The zero-order valence-electron chi connectivity index (χ0n) is 15.9. The van der Waals surface area contributed by atoms with Crippen LogP contribution in [0.3, 0.4) is 0 Å². The summed E-state index contributed by atoms with van der Waals surface area (Å²) < 4.78 is 5.34. The van der Waals surface area contributed by atoms with Gasteiger partial charge in [0.25, 0.3) is 0 Å². The average molecular weight is 391 g/mol. The van der Waals surface area contributed by atoms with E-state index in [1.54, 1.807) is 7.11 Å². The number of halogens is 1. The number of fused-ring (bicyclic) bond motifs is 1. The number of H-pyrrole nitrogens is 1. The molecule has 1 saturated heterocycles. The zero-order valence-corrected chi connectivity index (χ0v) is 16.7. The van der Waals surface area contributed by atoms with Crippen LogP contribution in [0, 0.1) is 6.92 Å². The van der Waals surface area contributed by atoms with Crippen molar-refractivity contribution in [1.29, 1.82) is 0 Å². The molecular formula is C20H27ClN4O2. The summed E-state index contributed by atoms with van der Waals surface area (Å²) >= 11 is 0. The van der Waals surface area contributed by atoms with Crippen LogP contribution >= 0.6 is 12.4 Å². The number of nitrogens with one attached hydrogen (secondary N) is 2. The summed E-state index contributed by atoms with van der Waals surface area (Å²) in [5.74, 6) is 2.40. The Kier molecular flexibility index (Phi) is 6.81. The lowest BCUT2D eigenvalue weighted by atomic mass is 9.92. The Bertz CT molecular complexity index is 867. The van der Waals surface area contributed by atoms with E-state index in [2.05, 4.69) is 35.2 Å². The van der Waals surface area contributed by atoms with E-state index in [9.17, 15) is 0 Å². The lowest BCUT2D eigenvalue weighted by molar-refractivity contribution is 0.371. The Morgan fingerprint density at radius 3 is 2.81 bits per heavy atom. The number of rotatable bonds is 3. The largest absolute Gasteiger partial charge is 0.497 e. The van der Waals surface area contributed by atoms with Gasteiger partial charge in [0.15, 0.2) is 0 Å². The monoisotopic (exact) mass is 390 g/mol. The lowest BCUT2D eigenvalue weighted by Gasteiger charge is -2.27. The second-order valence-corrected chi connectivity index (χ2v) is 6.92. The van der Waals surface area contributed by atoms with Crippen LogP contribution in [0.25, 0.3) is 22.6 Å². The molecule has 3 heterocycles. The Morgan fingerprint density at radius 1 is 1.26 bits per heavy atom. The number of piperidine rings is 1. The van der Waals surface area contributed by atoms with Crippen molar-refractivity contribution in [2.75, 3.05) is 13.7 Å². The number of nitrogens with zero attached hydrogens (tertiary/aromatic N) is 2. The highest BCUT2D eigenvalue weighted by atomic mass is 35.5. The summed E-state index contributed by atoms with van der Waals surface area (Å²) in [7, 11) is 1.69. The van der Waals surface area contributed by atoms with Crippen molar-refractivity contribution in [3.8, 4) is 28.4 Å². The third-order valence-electron chi connectivity index (χ3n) is 5.15. The van der Waals surface area contributed by atoms with Gasteiger partial charge in [-0.2, -0.15) is 0 Å². The smallest absolute Gasteiger partial charge is 0.119 e. The zero-order chi connectivity index (χ0) is 17.4. The van der Waals surface area contributed by atoms with Crippen LogP contribution in [0.15, 0.2) is 30.5 Å². The van der Waals surface area contributed by atoms with Gasteiger partial charge >= 0.3 is 0 Å². The third-order valence-corrected chi connectivity index (χ3v) is 5.15. The van der Waals surface area contributed by atoms with Crippen molar-refractivity contribution < 1.29 is 10.2 Å². The summed E-state index contributed by atoms with van der Waals surface area (Å²) in [5, 5.41) is 3.50. The van der Waals surface area contributed by atoms with Gasteiger partial charge in [0.05, 0.1) is 24.7 Å². The predicted molar refractivity (Wildman–Crippen MR) is 110 cm³/mol. The summed E-state index contributed by atoms with van der Waals surface area (Å²) in [4.78, 5) is 13.0. The molecule has 0 saturated carbocycles. The van der Waals surface area contributed by atoms with Crippen LogP contribution in [-0.2, 0) is 0 Å². The topological polar surface area (TPSA) is 94.3 Å². The van der Waals surface area contributed by atoms with Crippen LogP contribution in [0.5, 0.6) is 5.75 Å². The molecule has 2 unspecified atom stereocenters. The van der Waals surface area contributed by atoms with Gasteiger partial charge in [0.1, 0.15) is 17.3 Å². The lowest BCUT2D eigenvalue weighted by Crippen LogP contribution is -2.35. The molecule has 6 nitrogen and oxygen atoms in total. The van der Waals surface area contributed by atoms with E-state index in [1.807, 2.05) is 24.4 Å². The molecule has 7 heteroatoms. The number of aromatic amines is 1. The maximum Gasteiger partial charge on any atom is 0.119 e. The first-order valence-corrected chi connectivity index (χ1v) is 8.88. The summed E-state index contributed by atoms with van der Waals surface area (Å²) in [5.41, 5.74) is 5.23. The predicted octanol–water partition coefficient (Wildman–Crippen LogP) is 3.35. The molecule has 0 amide bonds. The van der Waals surface area contributed by atoms with Gasteiger partial charge in [-0.25, -0.2) is 9.97 Å². The first-order valence-electron chi connectivity index (χ1n) is 8.88. The van der Waals surface area contributed by atoms with Crippen LogP contribution in [0.2, 0.25) is 0 Å². The second-order valence-electron chi connectivity index (χ2n) is 6.92. The Hall–Kier alpha value is -2.15. The number of aromatic nitrogens is 3. The molecule has 3 aliphatic heterocycles. The van der Waals surface area contributed by atoms with Crippen molar-refractivity contribution in [1.82, 2.24) is 20.3 Å².